The molecule has 0 aliphatic carbocycles. The van der Waals surface area contributed by atoms with Crippen molar-refractivity contribution in [3.05, 3.63) is 63.5 Å². The molecule has 0 aliphatic heterocycles. The Kier molecular flexibility index (Phi) is 7.16. The monoisotopic (exact) mass is 547 g/mol. The third-order valence-electron chi connectivity index (χ3n) is 4.10. The molecule has 3 aromatic rings. The van der Waals surface area contributed by atoms with Gasteiger partial charge in [0.25, 0.3) is 5.91 Å². The number of halogens is 5. The molecule has 1 N–H and O–H groups in total. The summed E-state index contributed by atoms with van der Waals surface area (Å²) < 4.78 is 42.2. The minimum Gasteiger partial charge on any atom is -0.320 e. The van der Waals surface area contributed by atoms with Gasteiger partial charge in [-0.1, -0.05) is 22.3 Å². The van der Waals surface area contributed by atoms with Crippen LogP contribution in [0.1, 0.15) is 16.1 Å². The molecule has 0 saturated heterocycles. The van der Waals surface area contributed by atoms with Crippen LogP contribution in [0.25, 0.3) is 5.82 Å². The predicted octanol–water partition coefficient (Wildman–Crippen LogP) is 5.12. The summed E-state index contributed by atoms with van der Waals surface area (Å²) in [6.07, 6.45) is -2.10. The van der Waals surface area contributed by atoms with Crippen LogP contribution in [0.2, 0.25) is 5.02 Å². The number of nitrogens with zero attached hydrogens (tertiary/aromatic N) is 4. The molecule has 168 valence electrons. The Labute approximate surface area is 196 Å². The van der Waals surface area contributed by atoms with Crippen LogP contribution in [0.5, 0.6) is 0 Å². The first-order valence-corrected chi connectivity index (χ1v) is 11.5. The Hall–Kier alpha value is -2.57. The lowest BCUT2D eigenvalue weighted by atomic mass is 10.2. The van der Waals surface area contributed by atoms with Gasteiger partial charge in [-0.2, -0.15) is 22.6 Å². The van der Waals surface area contributed by atoms with E-state index < -0.39 is 28.7 Å². The number of hydrogen-bond acceptors (Lipinski definition) is 4. The summed E-state index contributed by atoms with van der Waals surface area (Å²) in [7, 11) is -1.31. The van der Waals surface area contributed by atoms with Crippen molar-refractivity contribution in [3.63, 3.8) is 0 Å². The van der Waals surface area contributed by atoms with Crippen molar-refractivity contribution in [2.24, 2.45) is 4.36 Å². The first-order chi connectivity index (χ1) is 15.0. The minimum absolute atomic E-state index is 0.155. The lowest BCUT2D eigenvalue weighted by Gasteiger charge is -2.12. The van der Waals surface area contributed by atoms with Gasteiger partial charge in [0, 0.05) is 22.8 Å². The molecule has 0 bridgehead atoms. The van der Waals surface area contributed by atoms with E-state index in [1.165, 1.54) is 35.3 Å². The minimum atomic E-state index is -5.02. The van der Waals surface area contributed by atoms with Crippen molar-refractivity contribution in [1.29, 1.82) is 0 Å². The Morgan fingerprint density at radius 1 is 1.25 bits per heavy atom. The summed E-state index contributed by atoms with van der Waals surface area (Å²) in [5.74, 6) is -2.37. The van der Waals surface area contributed by atoms with Gasteiger partial charge in [-0.3, -0.25) is 9.59 Å². The Balaban J connectivity index is 1.87. The molecule has 2 amide bonds. The summed E-state index contributed by atoms with van der Waals surface area (Å²) in [4.78, 5) is 28.6. The standard InChI is InChI=1S/C19H14BrClF3N5O2S/c1-10-8-11(32(2)28-18(31)19(22,23)24)5-6-13(10)26-17(30)14-9-15(20)27-29(14)16-12(21)4-3-7-25-16/h3-9H,1-2H3,(H,26,30). The van der Waals surface area contributed by atoms with Gasteiger partial charge in [-0.25, -0.2) is 9.67 Å². The SMILES string of the molecule is Cc1cc(/S(C)=N/C(=O)C(F)(F)F)ccc1NC(=O)c1cc(Br)nn1-c1ncccc1Cl. The molecule has 0 aliphatic rings. The van der Waals surface area contributed by atoms with Crippen LogP contribution in [-0.4, -0.2) is 39.0 Å². The van der Waals surface area contributed by atoms with Crippen molar-refractivity contribution < 1.29 is 22.8 Å². The number of alkyl halides is 3. The smallest absolute Gasteiger partial charge is 0.320 e. The zero-order valence-electron chi connectivity index (χ0n) is 16.4. The molecule has 0 saturated carbocycles. The number of anilines is 1. The fourth-order valence-electron chi connectivity index (χ4n) is 2.58. The molecule has 0 spiro atoms. The largest absolute Gasteiger partial charge is 0.474 e. The number of hydrogen-bond donors (Lipinski definition) is 1. The van der Waals surface area contributed by atoms with E-state index in [0.29, 0.717) is 25.8 Å². The van der Waals surface area contributed by atoms with Crippen LogP contribution in [0.3, 0.4) is 0 Å². The molecule has 3 rings (SSSR count). The Morgan fingerprint density at radius 3 is 2.59 bits per heavy atom. The van der Waals surface area contributed by atoms with Gasteiger partial charge in [-0.15, -0.1) is 0 Å². The molecule has 2 aromatic heterocycles. The van der Waals surface area contributed by atoms with E-state index >= 15 is 0 Å². The summed E-state index contributed by atoms with van der Waals surface area (Å²) in [6, 6.07) is 9.35. The molecule has 1 unspecified atom stereocenters. The second-order valence-electron chi connectivity index (χ2n) is 6.38. The van der Waals surface area contributed by atoms with Gasteiger partial charge < -0.3 is 5.32 Å². The number of rotatable bonds is 4. The fraction of sp³-hybridized carbons (Fsp3) is 0.158. The van der Waals surface area contributed by atoms with Gasteiger partial charge in [0.2, 0.25) is 0 Å². The number of nitrogens with one attached hydrogen (secondary N) is 1. The van der Waals surface area contributed by atoms with Gasteiger partial charge in [0.05, 0.1) is 5.02 Å². The summed E-state index contributed by atoms with van der Waals surface area (Å²) in [6.45, 7) is 1.67. The summed E-state index contributed by atoms with van der Waals surface area (Å²) in [5, 5.41) is 7.23. The van der Waals surface area contributed by atoms with Crippen molar-refractivity contribution in [2.45, 2.75) is 18.0 Å². The Bertz CT molecular complexity index is 1250. The van der Waals surface area contributed by atoms with Crippen LogP contribution in [0.4, 0.5) is 18.9 Å². The molecular weight excluding hydrogens is 535 g/mol. The molecule has 0 radical (unpaired) electrons. The van der Waals surface area contributed by atoms with E-state index in [-0.39, 0.29) is 11.5 Å². The number of pyridine rings is 1. The predicted molar refractivity (Wildman–Crippen MR) is 118 cm³/mol. The van der Waals surface area contributed by atoms with Crippen molar-refractivity contribution in [2.75, 3.05) is 11.6 Å². The van der Waals surface area contributed by atoms with Gasteiger partial charge in [0.1, 0.15) is 10.3 Å². The molecule has 7 nitrogen and oxygen atoms in total. The molecular formula is C19H14BrClF3N5O2S. The second-order valence-corrected chi connectivity index (χ2v) is 9.21. The van der Waals surface area contributed by atoms with Crippen LogP contribution in [0, 0.1) is 6.92 Å². The number of carbonyl (C=O) groups is 2. The number of amides is 2. The highest BCUT2D eigenvalue weighted by atomic mass is 79.9. The average molecular weight is 549 g/mol. The lowest BCUT2D eigenvalue weighted by molar-refractivity contribution is -0.169. The van der Waals surface area contributed by atoms with E-state index in [2.05, 4.69) is 35.7 Å². The first-order valence-electron chi connectivity index (χ1n) is 8.75. The highest BCUT2D eigenvalue weighted by Gasteiger charge is 2.38. The normalized spacial score (nSPS) is 12.6. The maximum atomic E-state index is 12.9. The van der Waals surface area contributed by atoms with Crippen LogP contribution >= 0.6 is 27.5 Å². The third kappa shape index (κ3) is 5.43. The zero-order valence-corrected chi connectivity index (χ0v) is 19.6. The zero-order chi connectivity index (χ0) is 23.6. The van der Waals surface area contributed by atoms with E-state index in [1.807, 2.05) is 0 Å². The maximum absolute atomic E-state index is 12.9. The number of aromatic nitrogens is 3. The van der Waals surface area contributed by atoms with Crippen molar-refractivity contribution in [1.82, 2.24) is 14.8 Å². The van der Waals surface area contributed by atoms with Crippen molar-refractivity contribution >= 4 is 55.7 Å². The summed E-state index contributed by atoms with van der Waals surface area (Å²) >= 11 is 9.40. The molecule has 32 heavy (non-hydrogen) atoms. The topological polar surface area (TPSA) is 89.2 Å². The highest BCUT2D eigenvalue weighted by molar-refractivity contribution is 9.10. The molecule has 1 aromatic carbocycles. The van der Waals surface area contributed by atoms with Gasteiger partial charge in [-0.05, 0) is 65.0 Å². The third-order valence-corrected chi connectivity index (χ3v) is 6.16. The molecule has 0 fully saturated rings. The Morgan fingerprint density at radius 2 is 1.97 bits per heavy atom. The number of benzene rings is 1. The molecule has 2 heterocycles. The number of carbonyl (C=O) groups excluding carboxylic acids is 2. The average Bonchev–Trinajstić information content (AvgIpc) is 3.10. The highest BCUT2D eigenvalue weighted by Crippen LogP contribution is 2.24. The van der Waals surface area contributed by atoms with E-state index in [9.17, 15) is 22.8 Å². The van der Waals surface area contributed by atoms with E-state index in [1.54, 1.807) is 25.1 Å². The van der Waals surface area contributed by atoms with Crippen LogP contribution < -0.4 is 5.32 Å². The van der Waals surface area contributed by atoms with Gasteiger partial charge >= 0.3 is 12.1 Å². The van der Waals surface area contributed by atoms with E-state index in [4.69, 9.17) is 11.6 Å². The lowest BCUT2D eigenvalue weighted by Crippen LogP contribution is -2.20. The van der Waals surface area contributed by atoms with E-state index in [0.717, 1.165) is 0 Å². The molecule has 1 atom stereocenters. The quantitative estimate of drug-likeness (QED) is 0.490. The maximum Gasteiger partial charge on any atom is 0.474 e. The molecule has 13 heteroatoms. The van der Waals surface area contributed by atoms with Crippen LogP contribution in [-0.2, 0) is 15.5 Å². The van der Waals surface area contributed by atoms with Crippen molar-refractivity contribution in [3.8, 4) is 5.82 Å². The van der Waals surface area contributed by atoms with Crippen LogP contribution in [0.15, 0.2) is 56.5 Å². The summed E-state index contributed by atoms with van der Waals surface area (Å²) in [5.41, 5.74) is 1.15. The fourth-order valence-corrected chi connectivity index (χ4v) is 4.23. The second kappa shape index (κ2) is 9.51. The van der Waals surface area contributed by atoms with Gasteiger partial charge in [0.15, 0.2) is 5.82 Å². The number of aryl methyl sites for hydroxylation is 1. The first kappa shape index (κ1) is 24.1.